The van der Waals surface area contributed by atoms with Crippen LogP contribution in [0, 0.1) is 0 Å². The van der Waals surface area contributed by atoms with Crippen molar-refractivity contribution < 1.29 is 66.9 Å². The van der Waals surface area contributed by atoms with Crippen LogP contribution in [0.3, 0.4) is 0 Å². The maximum absolute atomic E-state index is 12.7. The predicted octanol–water partition coefficient (Wildman–Crippen LogP) is -4.52. The number of rotatable bonds is 22. The zero-order valence-corrected chi connectivity index (χ0v) is 24.4. The molecule has 0 bridgehead atoms. The summed E-state index contributed by atoms with van der Waals surface area (Å²) in [6.45, 7) is -3.21. The van der Waals surface area contributed by atoms with E-state index < -0.39 is 87.6 Å². The highest BCUT2D eigenvalue weighted by atomic mass is 16.7. The maximum atomic E-state index is 12.7. The Morgan fingerprint density at radius 1 is 0.600 bits per heavy atom. The number of esters is 4. The van der Waals surface area contributed by atoms with Gasteiger partial charge in [0.1, 0.15) is 12.7 Å². The monoisotopic (exact) mass is 650 g/mol. The van der Waals surface area contributed by atoms with Gasteiger partial charge in [0.2, 0.25) is 26.4 Å². The van der Waals surface area contributed by atoms with Crippen LogP contribution in [0.2, 0.25) is 0 Å². The van der Waals surface area contributed by atoms with Gasteiger partial charge in [-0.15, -0.1) is 0 Å². The Balaban J connectivity index is 3.31. The van der Waals surface area contributed by atoms with E-state index in [4.69, 9.17) is 70.7 Å². The lowest BCUT2D eigenvalue weighted by atomic mass is 9.98. The third kappa shape index (κ3) is 16.2. The van der Waals surface area contributed by atoms with Gasteiger partial charge in [-0.3, -0.25) is 0 Å². The third-order valence-electron chi connectivity index (χ3n) is 4.78. The fourth-order valence-electron chi connectivity index (χ4n) is 3.12. The van der Waals surface area contributed by atoms with Gasteiger partial charge in [0, 0.05) is 33.3 Å². The average Bonchev–Trinajstić information content (AvgIpc) is 3.02. The Labute approximate surface area is 256 Å². The summed E-state index contributed by atoms with van der Waals surface area (Å²) in [5.41, 5.74) is 21.1. The summed E-state index contributed by atoms with van der Waals surface area (Å²) < 4.78 is 32.6. The van der Waals surface area contributed by atoms with Crippen LogP contribution in [0.25, 0.3) is 0 Å². The molecule has 0 saturated carbocycles. The van der Waals surface area contributed by atoms with Crippen LogP contribution in [0.15, 0.2) is 20.6 Å². The zero-order valence-electron chi connectivity index (χ0n) is 24.4. The number of nitrogens with two attached hydrogens (primary N) is 4. The van der Waals surface area contributed by atoms with Crippen molar-refractivity contribution in [3.05, 3.63) is 0 Å². The minimum Gasteiger partial charge on any atom is -0.460 e. The smallest absolute Gasteiger partial charge is 0.347 e. The lowest BCUT2D eigenvalue weighted by molar-refractivity contribution is -0.304. The van der Waals surface area contributed by atoms with Crippen LogP contribution in [0.5, 0.6) is 0 Å². The standard InChI is InChI=1S/C23H38N8O14/c1-36-23-22(45-19(35)14-41-31-9-5-27)21(44-18(34)13-40-30-8-4-26)20(43-17(33)12-39-29-7-3-25)15(42-23)10-37-16(32)11-38-28-6-2-24/h6-9,15,20-23H,2-5,10-14,24-27H2,1H3/b28-6+,29-7+,30-8+,31-9+/t15-,20+,21+,22-,23+/m1/s1. The van der Waals surface area contributed by atoms with E-state index in [0.717, 1.165) is 0 Å². The van der Waals surface area contributed by atoms with Crippen LogP contribution in [0.4, 0.5) is 0 Å². The van der Waals surface area contributed by atoms with Gasteiger partial charge in [-0.25, -0.2) is 19.2 Å². The molecule has 1 heterocycles. The number of hydrogen-bond acceptors (Lipinski definition) is 22. The Morgan fingerprint density at radius 2 is 0.978 bits per heavy atom. The Bertz CT molecular complexity index is 1010. The van der Waals surface area contributed by atoms with Crippen molar-refractivity contribution in [3.8, 4) is 0 Å². The fourth-order valence-corrected chi connectivity index (χ4v) is 3.12. The van der Waals surface area contributed by atoms with E-state index in [-0.39, 0.29) is 26.2 Å². The van der Waals surface area contributed by atoms with Crippen LogP contribution < -0.4 is 22.9 Å². The first-order valence-corrected chi connectivity index (χ1v) is 13.1. The molecule has 0 aromatic rings. The molecule has 8 N–H and O–H groups in total. The lowest BCUT2D eigenvalue weighted by Crippen LogP contribution is -2.63. The van der Waals surface area contributed by atoms with Gasteiger partial charge in [0.25, 0.3) is 0 Å². The van der Waals surface area contributed by atoms with Crippen LogP contribution in [-0.4, -0.2) is 146 Å². The van der Waals surface area contributed by atoms with E-state index in [1.807, 2.05) is 0 Å². The normalized spacial score (nSPS) is 21.6. The minimum absolute atomic E-state index is 0.0280. The van der Waals surface area contributed by atoms with Gasteiger partial charge in [0.05, 0.1) is 24.9 Å². The Hall–Kier alpha value is -4.48. The number of methoxy groups -OCH3 is 1. The topological polar surface area (TPSA) is 314 Å². The van der Waals surface area contributed by atoms with Crippen LogP contribution >= 0.6 is 0 Å². The highest BCUT2D eigenvalue weighted by Gasteiger charge is 2.53. The minimum atomic E-state index is -1.65. The number of carbonyl (C=O) groups is 4. The first-order valence-electron chi connectivity index (χ1n) is 13.1. The van der Waals surface area contributed by atoms with E-state index in [0.29, 0.717) is 0 Å². The highest BCUT2D eigenvalue weighted by Crippen LogP contribution is 2.29. The lowest BCUT2D eigenvalue weighted by Gasteiger charge is -2.43. The first kappa shape index (κ1) is 38.5. The van der Waals surface area contributed by atoms with Crippen molar-refractivity contribution in [1.82, 2.24) is 0 Å². The van der Waals surface area contributed by atoms with Gasteiger partial charge in [-0.05, 0) is 0 Å². The van der Waals surface area contributed by atoms with E-state index in [1.165, 1.54) is 32.0 Å². The maximum Gasteiger partial charge on any atom is 0.347 e. The quantitative estimate of drug-likeness (QED) is 0.0371. The second kappa shape index (κ2) is 23.9. The Kier molecular flexibility index (Phi) is 20.5. The van der Waals surface area contributed by atoms with E-state index >= 15 is 0 Å². The third-order valence-corrected chi connectivity index (χ3v) is 4.78. The largest absolute Gasteiger partial charge is 0.460 e. The van der Waals surface area contributed by atoms with Gasteiger partial charge >= 0.3 is 23.9 Å². The summed E-state index contributed by atoms with van der Waals surface area (Å²) >= 11 is 0. The number of hydrogen-bond donors (Lipinski definition) is 4. The molecule has 22 heteroatoms. The molecule has 0 spiro atoms. The molecule has 1 aliphatic heterocycles. The first-order chi connectivity index (χ1) is 21.8. The van der Waals surface area contributed by atoms with Crippen molar-refractivity contribution in [3.63, 3.8) is 0 Å². The molecule has 0 aromatic carbocycles. The molecule has 45 heavy (non-hydrogen) atoms. The van der Waals surface area contributed by atoms with Crippen LogP contribution in [0.1, 0.15) is 0 Å². The molecule has 1 rings (SSSR count). The van der Waals surface area contributed by atoms with Crippen molar-refractivity contribution in [1.29, 1.82) is 0 Å². The fraction of sp³-hybridized carbons (Fsp3) is 0.652. The molecule has 0 unspecified atom stereocenters. The summed E-state index contributed by atoms with van der Waals surface area (Å²) in [4.78, 5) is 69.3. The molecule has 1 saturated heterocycles. The van der Waals surface area contributed by atoms with E-state index in [2.05, 4.69) is 20.6 Å². The molecular weight excluding hydrogens is 612 g/mol. The molecule has 0 aromatic heterocycles. The van der Waals surface area contributed by atoms with Gasteiger partial charge in [-0.2, -0.15) is 0 Å². The highest BCUT2D eigenvalue weighted by molar-refractivity contribution is 5.73. The molecule has 0 amide bonds. The molecule has 1 aliphatic rings. The number of oxime groups is 4. The molecule has 22 nitrogen and oxygen atoms in total. The Morgan fingerprint density at radius 3 is 1.38 bits per heavy atom. The second-order valence-electron chi connectivity index (χ2n) is 8.01. The van der Waals surface area contributed by atoms with Gasteiger partial charge in [0.15, 0.2) is 24.6 Å². The molecule has 1 fully saturated rings. The zero-order chi connectivity index (χ0) is 33.3. The van der Waals surface area contributed by atoms with Gasteiger partial charge in [-0.1, -0.05) is 20.6 Å². The van der Waals surface area contributed by atoms with Crippen molar-refractivity contribution >= 4 is 48.7 Å². The van der Waals surface area contributed by atoms with Crippen molar-refractivity contribution in [2.24, 2.45) is 43.6 Å². The summed E-state index contributed by atoms with van der Waals surface area (Å²) in [6, 6.07) is 0. The SMILES string of the molecule is CO[C@H]1O[C@H](COC(=O)CO/N=C/CN)[C@H](OC(=O)CO/N=C/CN)[C@H](OC(=O)CO/N=C/CN)[C@H]1OC(=O)CO/N=C/CN. The number of nitrogens with zero attached hydrogens (tertiary/aromatic N) is 4. The summed E-state index contributed by atoms with van der Waals surface area (Å²) in [5.74, 6) is -4.02. The molecule has 5 atom stereocenters. The van der Waals surface area contributed by atoms with E-state index in [9.17, 15) is 19.2 Å². The van der Waals surface area contributed by atoms with Gasteiger partial charge < -0.3 is 70.7 Å². The predicted molar refractivity (Wildman–Crippen MR) is 150 cm³/mol. The van der Waals surface area contributed by atoms with Crippen molar-refractivity contribution in [2.45, 2.75) is 30.7 Å². The number of carbonyl (C=O) groups excluding carboxylic acids is 4. The van der Waals surface area contributed by atoms with E-state index in [1.54, 1.807) is 0 Å². The molecule has 0 radical (unpaired) electrons. The van der Waals surface area contributed by atoms with Crippen molar-refractivity contribution in [2.75, 3.05) is 66.3 Å². The average molecular weight is 651 g/mol. The van der Waals surface area contributed by atoms with Crippen LogP contribution in [-0.2, 0) is 66.9 Å². The summed E-state index contributed by atoms with van der Waals surface area (Å²) in [6.07, 6.45) is -2.96. The second-order valence-corrected chi connectivity index (χ2v) is 8.01. The number of ether oxygens (including phenoxy) is 6. The molecular formula is C23H38N8O14. The molecule has 0 aliphatic carbocycles. The summed E-state index contributed by atoms with van der Waals surface area (Å²) in [7, 11) is 1.18. The molecule has 254 valence electrons. The summed E-state index contributed by atoms with van der Waals surface area (Å²) in [5, 5.41) is 13.8.